The predicted molar refractivity (Wildman–Crippen MR) is 113 cm³/mol. The van der Waals surface area contributed by atoms with Crippen molar-refractivity contribution in [2.75, 3.05) is 26.3 Å². The second-order valence-corrected chi connectivity index (χ2v) is 7.84. The lowest BCUT2D eigenvalue weighted by atomic mass is 10.1. The van der Waals surface area contributed by atoms with Crippen molar-refractivity contribution in [2.24, 2.45) is 0 Å². The topological polar surface area (TPSA) is 54.5 Å². The van der Waals surface area contributed by atoms with Crippen LogP contribution in [0.3, 0.4) is 0 Å². The van der Waals surface area contributed by atoms with Gasteiger partial charge in [-0.05, 0) is 29.3 Å². The lowest BCUT2D eigenvalue weighted by molar-refractivity contribution is -0.116. The van der Waals surface area contributed by atoms with E-state index in [0.717, 1.165) is 53.6 Å². The van der Waals surface area contributed by atoms with Gasteiger partial charge < -0.3 is 10.1 Å². The van der Waals surface area contributed by atoms with Gasteiger partial charge >= 0.3 is 0 Å². The molecule has 1 aliphatic rings. The van der Waals surface area contributed by atoms with Gasteiger partial charge in [-0.15, -0.1) is 11.3 Å². The zero-order valence-electron chi connectivity index (χ0n) is 15.6. The number of hydrogen-bond acceptors (Lipinski definition) is 5. The maximum absolute atomic E-state index is 12.1. The minimum Gasteiger partial charge on any atom is -0.379 e. The number of para-hydroxylation sites is 1. The van der Waals surface area contributed by atoms with Crippen LogP contribution in [0.4, 0.5) is 0 Å². The summed E-state index contributed by atoms with van der Waals surface area (Å²) >= 11 is 1.58. The Bertz CT molecular complexity index is 926. The molecule has 0 spiro atoms. The SMILES string of the molecule is O=C(C=Cc1nc2ccccc2s1)NCc1ccc(CN2CCOCC2)cc1. The summed E-state index contributed by atoms with van der Waals surface area (Å²) in [6, 6.07) is 16.4. The Kier molecular flexibility index (Phi) is 6.11. The molecule has 5 nitrogen and oxygen atoms in total. The first kappa shape index (κ1) is 18.8. The number of aromatic nitrogens is 1. The van der Waals surface area contributed by atoms with Crippen molar-refractivity contribution >= 4 is 33.5 Å². The Morgan fingerprint density at radius 1 is 1.11 bits per heavy atom. The van der Waals surface area contributed by atoms with Crippen molar-refractivity contribution in [2.45, 2.75) is 13.1 Å². The molecule has 0 radical (unpaired) electrons. The maximum Gasteiger partial charge on any atom is 0.244 e. The monoisotopic (exact) mass is 393 g/mol. The summed E-state index contributed by atoms with van der Waals surface area (Å²) in [5.41, 5.74) is 3.34. The molecule has 4 rings (SSSR count). The number of thiazole rings is 1. The van der Waals surface area contributed by atoms with Gasteiger partial charge in [-0.2, -0.15) is 0 Å². The van der Waals surface area contributed by atoms with Gasteiger partial charge in [0.15, 0.2) is 0 Å². The van der Waals surface area contributed by atoms with Gasteiger partial charge in [0.1, 0.15) is 5.01 Å². The van der Waals surface area contributed by atoms with Crippen LogP contribution in [0.15, 0.2) is 54.6 Å². The Morgan fingerprint density at radius 3 is 2.64 bits per heavy atom. The first-order chi connectivity index (χ1) is 13.8. The third-order valence-corrected chi connectivity index (χ3v) is 5.69. The fourth-order valence-corrected chi connectivity index (χ4v) is 4.01. The largest absolute Gasteiger partial charge is 0.379 e. The molecule has 0 saturated carbocycles. The molecule has 2 heterocycles. The second kappa shape index (κ2) is 9.10. The quantitative estimate of drug-likeness (QED) is 0.652. The summed E-state index contributed by atoms with van der Waals surface area (Å²) in [5, 5.41) is 3.76. The molecule has 144 valence electrons. The summed E-state index contributed by atoms with van der Waals surface area (Å²) in [7, 11) is 0. The van der Waals surface area contributed by atoms with E-state index >= 15 is 0 Å². The fourth-order valence-electron chi connectivity index (χ4n) is 3.14. The van der Waals surface area contributed by atoms with Crippen LogP contribution in [0.25, 0.3) is 16.3 Å². The third kappa shape index (κ3) is 5.04. The van der Waals surface area contributed by atoms with Crippen LogP contribution in [-0.4, -0.2) is 42.1 Å². The Morgan fingerprint density at radius 2 is 1.86 bits per heavy atom. The molecule has 0 bridgehead atoms. The van der Waals surface area contributed by atoms with Crippen LogP contribution < -0.4 is 5.32 Å². The van der Waals surface area contributed by atoms with E-state index in [9.17, 15) is 4.79 Å². The van der Waals surface area contributed by atoms with Crippen LogP contribution >= 0.6 is 11.3 Å². The number of carbonyl (C=O) groups is 1. The molecule has 1 N–H and O–H groups in total. The number of ether oxygens (including phenoxy) is 1. The van der Waals surface area contributed by atoms with E-state index in [4.69, 9.17) is 4.74 Å². The van der Waals surface area contributed by atoms with Gasteiger partial charge in [0.2, 0.25) is 5.91 Å². The highest BCUT2D eigenvalue weighted by Gasteiger charge is 2.10. The standard InChI is InChI=1S/C22H23N3O2S/c26-21(9-10-22-24-19-3-1-2-4-20(19)28-22)23-15-17-5-7-18(8-6-17)16-25-11-13-27-14-12-25/h1-10H,11-16H2,(H,23,26). The summed E-state index contributed by atoms with van der Waals surface area (Å²) in [6.07, 6.45) is 3.32. The van der Waals surface area contributed by atoms with Crippen LogP contribution in [0, 0.1) is 0 Å². The highest BCUT2D eigenvalue weighted by molar-refractivity contribution is 7.19. The zero-order valence-corrected chi connectivity index (χ0v) is 16.5. The van der Waals surface area contributed by atoms with Crippen molar-refractivity contribution in [1.82, 2.24) is 15.2 Å². The molecule has 0 unspecified atom stereocenters. The normalized spacial score (nSPS) is 15.3. The number of hydrogen-bond donors (Lipinski definition) is 1. The van der Waals surface area contributed by atoms with E-state index in [1.807, 2.05) is 24.3 Å². The molecule has 3 aromatic rings. The average molecular weight is 394 g/mol. The number of nitrogens with zero attached hydrogens (tertiary/aromatic N) is 2. The molecule has 2 aromatic carbocycles. The highest BCUT2D eigenvalue weighted by atomic mass is 32.1. The van der Waals surface area contributed by atoms with Crippen molar-refractivity contribution < 1.29 is 9.53 Å². The highest BCUT2D eigenvalue weighted by Crippen LogP contribution is 2.22. The molecule has 28 heavy (non-hydrogen) atoms. The van der Waals surface area contributed by atoms with E-state index in [1.54, 1.807) is 23.5 Å². The van der Waals surface area contributed by atoms with Crippen molar-refractivity contribution in [3.05, 3.63) is 70.7 Å². The van der Waals surface area contributed by atoms with E-state index in [2.05, 4.69) is 39.5 Å². The van der Waals surface area contributed by atoms with Crippen molar-refractivity contribution in [3.63, 3.8) is 0 Å². The number of morpholine rings is 1. The number of benzene rings is 2. The molecule has 1 saturated heterocycles. The Hall–Kier alpha value is -2.54. The van der Waals surface area contributed by atoms with E-state index in [-0.39, 0.29) is 5.91 Å². The van der Waals surface area contributed by atoms with Crippen LogP contribution in [0.5, 0.6) is 0 Å². The third-order valence-electron chi connectivity index (χ3n) is 4.69. The number of fused-ring (bicyclic) bond motifs is 1. The lowest BCUT2D eigenvalue weighted by Crippen LogP contribution is -2.35. The second-order valence-electron chi connectivity index (χ2n) is 6.78. The van der Waals surface area contributed by atoms with E-state index in [1.165, 1.54) is 5.56 Å². The Balaban J connectivity index is 1.27. The molecule has 6 heteroatoms. The number of rotatable bonds is 6. The maximum atomic E-state index is 12.1. The van der Waals surface area contributed by atoms with Gasteiger partial charge in [-0.1, -0.05) is 36.4 Å². The molecule has 0 aliphatic carbocycles. The number of nitrogens with one attached hydrogen (secondary N) is 1. The van der Waals surface area contributed by atoms with Gasteiger partial charge in [0, 0.05) is 32.3 Å². The summed E-state index contributed by atoms with van der Waals surface area (Å²) in [4.78, 5) is 19.0. The minimum absolute atomic E-state index is 0.114. The summed E-state index contributed by atoms with van der Waals surface area (Å²) in [6.45, 7) is 5.06. The first-order valence-electron chi connectivity index (χ1n) is 9.46. The van der Waals surface area contributed by atoms with Gasteiger partial charge in [-0.3, -0.25) is 9.69 Å². The number of amides is 1. The van der Waals surface area contributed by atoms with Gasteiger partial charge in [0.25, 0.3) is 0 Å². The summed E-state index contributed by atoms with van der Waals surface area (Å²) < 4.78 is 6.51. The van der Waals surface area contributed by atoms with Crippen molar-refractivity contribution in [1.29, 1.82) is 0 Å². The van der Waals surface area contributed by atoms with E-state index < -0.39 is 0 Å². The molecule has 1 aromatic heterocycles. The summed E-state index contributed by atoms with van der Waals surface area (Å²) in [5.74, 6) is -0.114. The van der Waals surface area contributed by atoms with Crippen molar-refractivity contribution in [3.8, 4) is 0 Å². The number of carbonyl (C=O) groups excluding carboxylic acids is 1. The molecule has 0 atom stereocenters. The Labute approximate surface area is 168 Å². The minimum atomic E-state index is -0.114. The van der Waals surface area contributed by atoms with Gasteiger partial charge in [0.05, 0.1) is 23.4 Å². The van der Waals surface area contributed by atoms with Crippen LogP contribution in [0.2, 0.25) is 0 Å². The molecule has 1 fully saturated rings. The molecular formula is C22H23N3O2S. The fraction of sp³-hybridized carbons (Fsp3) is 0.273. The molecule has 1 amide bonds. The van der Waals surface area contributed by atoms with Gasteiger partial charge in [-0.25, -0.2) is 4.98 Å². The molecule has 1 aliphatic heterocycles. The lowest BCUT2D eigenvalue weighted by Gasteiger charge is -2.26. The average Bonchev–Trinajstić information content (AvgIpc) is 3.15. The molecular weight excluding hydrogens is 370 g/mol. The van der Waals surface area contributed by atoms with Crippen LogP contribution in [-0.2, 0) is 22.6 Å². The van der Waals surface area contributed by atoms with E-state index in [0.29, 0.717) is 6.54 Å². The smallest absolute Gasteiger partial charge is 0.244 e. The van der Waals surface area contributed by atoms with Crippen LogP contribution in [0.1, 0.15) is 16.1 Å². The predicted octanol–water partition coefficient (Wildman–Crippen LogP) is 3.46. The zero-order chi connectivity index (χ0) is 19.2. The first-order valence-corrected chi connectivity index (χ1v) is 10.3.